The minimum Gasteiger partial charge on any atom is -0.497 e. The summed E-state index contributed by atoms with van der Waals surface area (Å²) in [6, 6.07) is 14.6. The maximum atomic E-state index is 13.8. The third-order valence-corrected chi connectivity index (χ3v) is 3.61. The molecule has 21 heavy (non-hydrogen) atoms. The summed E-state index contributed by atoms with van der Waals surface area (Å²) >= 11 is 0. The van der Waals surface area contributed by atoms with Crippen LogP contribution < -0.4 is 10.5 Å². The Balaban J connectivity index is 2.18. The summed E-state index contributed by atoms with van der Waals surface area (Å²) < 4.78 is 19.0. The van der Waals surface area contributed by atoms with Gasteiger partial charge in [-0.05, 0) is 30.8 Å². The number of hydrogen-bond donors (Lipinski definition) is 1. The molecule has 0 aliphatic rings. The molecule has 112 valence electrons. The van der Waals surface area contributed by atoms with Crippen molar-refractivity contribution in [2.24, 2.45) is 5.73 Å². The second-order valence-electron chi connectivity index (χ2n) is 5.03. The molecule has 1 unspecified atom stereocenters. The average Bonchev–Trinajstić information content (AvgIpc) is 2.50. The number of likely N-dealkylation sites (N-methyl/N-ethyl adjacent to an activating group) is 1. The van der Waals surface area contributed by atoms with Crippen molar-refractivity contribution in [1.82, 2.24) is 4.90 Å². The van der Waals surface area contributed by atoms with Gasteiger partial charge in [-0.3, -0.25) is 4.90 Å². The summed E-state index contributed by atoms with van der Waals surface area (Å²) in [5.41, 5.74) is 7.65. The Labute approximate surface area is 125 Å². The standard InChI is InChI=1S/C17H21FN2O/c1-20(12-14-6-3-4-9-16(14)18)17(11-19)13-7-5-8-15(10-13)21-2/h3-10,17H,11-12,19H2,1-2H3. The van der Waals surface area contributed by atoms with Crippen LogP contribution in [-0.4, -0.2) is 25.6 Å². The zero-order valence-electron chi connectivity index (χ0n) is 12.4. The van der Waals surface area contributed by atoms with E-state index in [1.807, 2.05) is 42.3 Å². The van der Waals surface area contributed by atoms with E-state index < -0.39 is 0 Å². The summed E-state index contributed by atoms with van der Waals surface area (Å²) in [6.07, 6.45) is 0. The van der Waals surface area contributed by atoms with Gasteiger partial charge in [-0.2, -0.15) is 0 Å². The molecule has 0 saturated heterocycles. The van der Waals surface area contributed by atoms with E-state index in [0.717, 1.165) is 11.3 Å². The third-order valence-electron chi connectivity index (χ3n) is 3.61. The summed E-state index contributed by atoms with van der Waals surface area (Å²) in [5, 5.41) is 0. The molecule has 2 N–H and O–H groups in total. The number of methoxy groups -OCH3 is 1. The highest BCUT2D eigenvalue weighted by Crippen LogP contribution is 2.24. The number of nitrogens with zero attached hydrogens (tertiary/aromatic N) is 1. The molecule has 2 aromatic rings. The molecule has 0 heterocycles. The summed E-state index contributed by atoms with van der Waals surface area (Å²) in [4.78, 5) is 2.05. The Morgan fingerprint density at radius 2 is 1.95 bits per heavy atom. The minimum absolute atomic E-state index is 0.0136. The van der Waals surface area contributed by atoms with Crippen molar-refractivity contribution in [3.8, 4) is 5.75 Å². The van der Waals surface area contributed by atoms with Crippen LogP contribution >= 0.6 is 0 Å². The van der Waals surface area contributed by atoms with E-state index in [1.165, 1.54) is 6.07 Å². The van der Waals surface area contributed by atoms with Gasteiger partial charge >= 0.3 is 0 Å². The van der Waals surface area contributed by atoms with Crippen molar-refractivity contribution < 1.29 is 9.13 Å². The lowest BCUT2D eigenvalue weighted by Crippen LogP contribution is -2.30. The molecule has 0 aromatic heterocycles. The van der Waals surface area contributed by atoms with E-state index in [-0.39, 0.29) is 11.9 Å². The van der Waals surface area contributed by atoms with Gasteiger partial charge in [0.05, 0.1) is 7.11 Å². The van der Waals surface area contributed by atoms with Crippen LogP contribution in [0.5, 0.6) is 5.75 Å². The van der Waals surface area contributed by atoms with Gasteiger partial charge in [0.2, 0.25) is 0 Å². The van der Waals surface area contributed by atoms with Crippen molar-refractivity contribution in [2.75, 3.05) is 20.7 Å². The lowest BCUT2D eigenvalue weighted by atomic mass is 10.0. The molecular formula is C17H21FN2O. The molecule has 1 atom stereocenters. The topological polar surface area (TPSA) is 38.5 Å². The predicted octanol–water partition coefficient (Wildman–Crippen LogP) is 2.97. The smallest absolute Gasteiger partial charge is 0.127 e. The highest BCUT2D eigenvalue weighted by atomic mass is 19.1. The Bertz CT molecular complexity index is 589. The highest BCUT2D eigenvalue weighted by molar-refractivity contribution is 5.31. The summed E-state index contributed by atoms with van der Waals surface area (Å²) in [7, 11) is 3.59. The SMILES string of the molecule is COc1cccc(C(CN)N(C)Cc2ccccc2F)c1. The van der Waals surface area contributed by atoms with Gasteiger partial charge in [0.1, 0.15) is 11.6 Å². The van der Waals surface area contributed by atoms with Crippen LogP contribution in [0.3, 0.4) is 0 Å². The highest BCUT2D eigenvalue weighted by Gasteiger charge is 2.17. The molecule has 4 heteroatoms. The van der Waals surface area contributed by atoms with Crippen LogP contribution in [0.2, 0.25) is 0 Å². The number of ether oxygens (including phenoxy) is 1. The maximum absolute atomic E-state index is 13.8. The molecule has 2 rings (SSSR count). The third kappa shape index (κ3) is 3.80. The molecule has 2 aromatic carbocycles. The Morgan fingerprint density at radius 1 is 1.19 bits per heavy atom. The Hall–Kier alpha value is -1.91. The van der Waals surface area contributed by atoms with Crippen molar-refractivity contribution in [3.63, 3.8) is 0 Å². The van der Waals surface area contributed by atoms with E-state index in [1.54, 1.807) is 19.2 Å². The first-order valence-corrected chi connectivity index (χ1v) is 6.93. The predicted molar refractivity (Wildman–Crippen MR) is 82.7 cm³/mol. The van der Waals surface area contributed by atoms with Gasteiger partial charge in [-0.15, -0.1) is 0 Å². The fourth-order valence-electron chi connectivity index (χ4n) is 2.42. The fraction of sp³-hybridized carbons (Fsp3) is 0.294. The van der Waals surface area contributed by atoms with E-state index in [2.05, 4.69) is 0 Å². The average molecular weight is 288 g/mol. The van der Waals surface area contributed by atoms with Gasteiger partial charge in [-0.25, -0.2) is 4.39 Å². The van der Waals surface area contributed by atoms with Gasteiger partial charge in [0.15, 0.2) is 0 Å². The van der Waals surface area contributed by atoms with E-state index in [9.17, 15) is 4.39 Å². The number of benzene rings is 2. The molecule has 0 fully saturated rings. The maximum Gasteiger partial charge on any atom is 0.127 e. The second-order valence-corrected chi connectivity index (χ2v) is 5.03. The van der Waals surface area contributed by atoms with Gasteiger partial charge in [-0.1, -0.05) is 30.3 Å². The monoisotopic (exact) mass is 288 g/mol. The van der Waals surface area contributed by atoms with Crippen molar-refractivity contribution >= 4 is 0 Å². The molecule has 0 bridgehead atoms. The molecule has 0 radical (unpaired) electrons. The van der Waals surface area contributed by atoms with Gasteiger partial charge < -0.3 is 10.5 Å². The number of rotatable bonds is 6. The molecule has 0 saturated carbocycles. The molecule has 0 aliphatic heterocycles. The van der Waals surface area contributed by atoms with Crippen LogP contribution in [0.25, 0.3) is 0 Å². The van der Waals surface area contributed by atoms with E-state index >= 15 is 0 Å². The zero-order valence-corrected chi connectivity index (χ0v) is 12.4. The van der Waals surface area contributed by atoms with Crippen LogP contribution in [0.1, 0.15) is 17.2 Å². The summed E-state index contributed by atoms with van der Waals surface area (Å²) in [6.45, 7) is 0.962. The minimum atomic E-state index is -0.189. The fourth-order valence-corrected chi connectivity index (χ4v) is 2.42. The van der Waals surface area contributed by atoms with Gasteiger partial charge in [0, 0.05) is 24.7 Å². The molecular weight excluding hydrogens is 267 g/mol. The summed E-state index contributed by atoms with van der Waals surface area (Å²) in [5.74, 6) is 0.607. The Kier molecular flexibility index (Phi) is 5.31. The lowest BCUT2D eigenvalue weighted by Gasteiger charge is -2.27. The second kappa shape index (κ2) is 7.20. The first kappa shape index (κ1) is 15.5. The zero-order chi connectivity index (χ0) is 15.2. The quantitative estimate of drug-likeness (QED) is 0.888. The lowest BCUT2D eigenvalue weighted by molar-refractivity contribution is 0.238. The molecule has 0 aliphatic carbocycles. The van der Waals surface area contributed by atoms with E-state index in [4.69, 9.17) is 10.5 Å². The molecule has 3 nitrogen and oxygen atoms in total. The molecule has 0 amide bonds. The largest absolute Gasteiger partial charge is 0.497 e. The Morgan fingerprint density at radius 3 is 2.62 bits per heavy atom. The normalized spacial score (nSPS) is 12.4. The number of hydrogen-bond acceptors (Lipinski definition) is 3. The van der Waals surface area contributed by atoms with Crippen molar-refractivity contribution in [2.45, 2.75) is 12.6 Å². The van der Waals surface area contributed by atoms with Crippen molar-refractivity contribution in [1.29, 1.82) is 0 Å². The van der Waals surface area contributed by atoms with E-state index in [0.29, 0.717) is 18.7 Å². The van der Waals surface area contributed by atoms with Crippen LogP contribution in [0.15, 0.2) is 48.5 Å². The van der Waals surface area contributed by atoms with Gasteiger partial charge in [0.25, 0.3) is 0 Å². The first-order chi connectivity index (χ1) is 10.2. The van der Waals surface area contributed by atoms with Crippen LogP contribution in [-0.2, 0) is 6.54 Å². The number of halogens is 1. The van der Waals surface area contributed by atoms with Crippen molar-refractivity contribution in [3.05, 3.63) is 65.5 Å². The van der Waals surface area contributed by atoms with Crippen LogP contribution in [0, 0.1) is 5.82 Å². The molecule has 0 spiro atoms. The number of nitrogens with two attached hydrogens (primary N) is 1. The van der Waals surface area contributed by atoms with Crippen LogP contribution in [0.4, 0.5) is 4.39 Å². The first-order valence-electron chi connectivity index (χ1n) is 6.93.